The lowest BCUT2D eigenvalue weighted by Crippen LogP contribution is -2.12. The lowest BCUT2D eigenvalue weighted by atomic mass is 9.87. The van der Waals surface area contributed by atoms with E-state index in [0.29, 0.717) is 0 Å². The minimum atomic E-state index is 0.860. The molecule has 1 aromatic heterocycles. The van der Waals surface area contributed by atoms with Crippen molar-refractivity contribution in [3.63, 3.8) is 0 Å². The molecular weight excluding hydrogens is 789 g/mol. The Hall–Kier alpha value is -8.66. The van der Waals surface area contributed by atoms with E-state index in [2.05, 4.69) is 252 Å². The lowest BCUT2D eigenvalue weighted by molar-refractivity contribution is 0.669. The highest BCUT2D eigenvalue weighted by Crippen LogP contribution is 2.53. The molecule has 65 heavy (non-hydrogen) atoms. The molecule has 304 valence electrons. The number of fused-ring (bicyclic) bond motifs is 10. The molecule has 12 aromatic carbocycles. The highest BCUT2D eigenvalue weighted by Gasteiger charge is 2.27. The Morgan fingerprint density at radius 1 is 0.292 bits per heavy atom. The summed E-state index contributed by atoms with van der Waals surface area (Å²) in [6, 6.07) is 87.6. The highest BCUT2D eigenvalue weighted by atomic mass is 16.3. The molecule has 0 saturated carbocycles. The zero-order valence-corrected chi connectivity index (χ0v) is 35.4. The summed E-state index contributed by atoms with van der Waals surface area (Å²) in [4.78, 5) is 4.82. The number of hydrogen-bond donors (Lipinski definition) is 0. The summed E-state index contributed by atoms with van der Waals surface area (Å²) in [5.41, 5.74) is 10.6. The quantitative estimate of drug-likeness (QED) is 0.149. The Morgan fingerprint density at radius 2 is 0.754 bits per heavy atom. The van der Waals surface area contributed by atoms with E-state index in [0.717, 1.165) is 72.2 Å². The predicted molar refractivity (Wildman–Crippen MR) is 276 cm³/mol. The Bertz CT molecular complexity index is 3860. The van der Waals surface area contributed by atoms with Crippen LogP contribution >= 0.6 is 0 Å². The summed E-state index contributed by atoms with van der Waals surface area (Å²) in [7, 11) is 0. The predicted octanol–water partition coefficient (Wildman–Crippen LogP) is 18.0. The van der Waals surface area contributed by atoms with Gasteiger partial charge in [-0.15, -0.1) is 0 Å². The SMILES string of the molecule is c1ccc(N(c2ccccc2)c2ccc(-c3c4ccccc4c(N(c4ccccc4)c4cc5ccccc5c5c4oc4ccc6ccccc6c45)c4ccccc34)c3ccccc23)cc1. The lowest BCUT2D eigenvalue weighted by Gasteiger charge is -2.30. The first-order chi connectivity index (χ1) is 32.3. The van der Waals surface area contributed by atoms with Gasteiger partial charge in [0, 0.05) is 44.0 Å². The van der Waals surface area contributed by atoms with Gasteiger partial charge >= 0.3 is 0 Å². The van der Waals surface area contributed by atoms with Crippen molar-refractivity contribution >= 4 is 110 Å². The first kappa shape index (κ1) is 36.9. The number of furan rings is 1. The molecule has 0 fully saturated rings. The largest absolute Gasteiger partial charge is 0.454 e. The third-order valence-corrected chi connectivity index (χ3v) is 13.2. The van der Waals surface area contributed by atoms with Gasteiger partial charge in [0.1, 0.15) is 5.58 Å². The van der Waals surface area contributed by atoms with Crippen molar-refractivity contribution in [3.05, 3.63) is 243 Å². The molecule has 0 atom stereocenters. The monoisotopic (exact) mass is 828 g/mol. The van der Waals surface area contributed by atoms with Crippen LogP contribution in [0.5, 0.6) is 0 Å². The van der Waals surface area contributed by atoms with Gasteiger partial charge < -0.3 is 14.2 Å². The molecule has 13 rings (SSSR count). The van der Waals surface area contributed by atoms with Gasteiger partial charge in [-0.1, -0.05) is 188 Å². The summed E-state index contributed by atoms with van der Waals surface area (Å²) in [6.07, 6.45) is 0. The average Bonchev–Trinajstić information content (AvgIpc) is 3.79. The fourth-order valence-electron chi connectivity index (χ4n) is 10.4. The van der Waals surface area contributed by atoms with Crippen LogP contribution in [0.3, 0.4) is 0 Å². The number of anilines is 6. The van der Waals surface area contributed by atoms with E-state index >= 15 is 0 Å². The number of nitrogens with zero attached hydrogens (tertiary/aromatic N) is 2. The molecule has 0 unspecified atom stereocenters. The van der Waals surface area contributed by atoms with E-state index < -0.39 is 0 Å². The van der Waals surface area contributed by atoms with E-state index in [1.807, 2.05) is 0 Å². The molecule has 3 nitrogen and oxygen atoms in total. The molecule has 0 N–H and O–H groups in total. The van der Waals surface area contributed by atoms with E-state index in [-0.39, 0.29) is 0 Å². The van der Waals surface area contributed by atoms with Gasteiger partial charge in [0.2, 0.25) is 0 Å². The molecule has 0 spiro atoms. The smallest absolute Gasteiger partial charge is 0.160 e. The zero-order chi connectivity index (χ0) is 42.8. The Balaban J connectivity index is 1.12. The van der Waals surface area contributed by atoms with E-state index in [1.54, 1.807) is 0 Å². The molecule has 0 aliphatic heterocycles. The fraction of sp³-hybridized carbons (Fsp3) is 0. The molecule has 1 heterocycles. The van der Waals surface area contributed by atoms with Crippen LogP contribution in [0, 0.1) is 0 Å². The number of rotatable bonds is 7. The van der Waals surface area contributed by atoms with Crippen molar-refractivity contribution in [2.24, 2.45) is 0 Å². The summed E-state index contributed by atoms with van der Waals surface area (Å²) in [5.74, 6) is 0. The summed E-state index contributed by atoms with van der Waals surface area (Å²) in [5, 5.41) is 14.0. The Morgan fingerprint density at radius 3 is 1.35 bits per heavy atom. The fourth-order valence-corrected chi connectivity index (χ4v) is 10.4. The first-order valence-corrected chi connectivity index (χ1v) is 22.3. The molecular formula is C62H40N2O. The van der Waals surface area contributed by atoms with Crippen LogP contribution in [0.15, 0.2) is 247 Å². The number of para-hydroxylation sites is 3. The number of hydrogen-bond acceptors (Lipinski definition) is 3. The second-order valence-corrected chi connectivity index (χ2v) is 16.8. The van der Waals surface area contributed by atoms with E-state index in [1.165, 1.54) is 48.8 Å². The molecule has 3 heteroatoms. The van der Waals surface area contributed by atoms with Crippen molar-refractivity contribution in [1.82, 2.24) is 0 Å². The standard InChI is InChI=1S/C62H40N2O/c1-4-22-43(23-5-1)63(44-24-6-2-7-25-44)55-38-37-52(48-30-14-15-31-49(48)55)58-50-32-16-18-34-53(50)61(54-35-19-17-33-51(54)58)64(45-26-8-3-9-27-45)56-40-42-21-11-13-29-47(42)60-59-46-28-12-10-20-41(46)36-39-57(59)65-62(56)60/h1-40H. The van der Waals surface area contributed by atoms with Crippen molar-refractivity contribution in [2.75, 3.05) is 9.80 Å². The summed E-state index contributed by atoms with van der Waals surface area (Å²) >= 11 is 0. The van der Waals surface area contributed by atoms with Crippen molar-refractivity contribution in [1.29, 1.82) is 0 Å². The van der Waals surface area contributed by atoms with Crippen molar-refractivity contribution < 1.29 is 4.42 Å². The normalized spacial score (nSPS) is 11.7. The van der Waals surface area contributed by atoms with Crippen LogP contribution in [0.4, 0.5) is 34.1 Å². The molecule has 13 aromatic rings. The van der Waals surface area contributed by atoms with Gasteiger partial charge in [0.15, 0.2) is 5.58 Å². The maximum atomic E-state index is 7.14. The van der Waals surface area contributed by atoms with Crippen LogP contribution in [0.1, 0.15) is 0 Å². The van der Waals surface area contributed by atoms with Crippen LogP contribution in [0.2, 0.25) is 0 Å². The van der Waals surface area contributed by atoms with Gasteiger partial charge in [-0.2, -0.15) is 0 Å². The first-order valence-electron chi connectivity index (χ1n) is 22.3. The molecule has 0 saturated heterocycles. The zero-order valence-electron chi connectivity index (χ0n) is 35.4. The topological polar surface area (TPSA) is 19.6 Å². The molecule has 0 bridgehead atoms. The molecule has 0 aliphatic carbocycles. The average molecular weight is 829 g/mol. The van der Waals surface area contributed by atoms with Crippen molar-refractivity contribution in [3.8, 4) is 11.1 Å². The Kier molecular flexibility index (Phi) is 8.53. The number of benzene rings is 12. The molecule has 0 aliphatic rings. The molecule has 0 radical (unpaired) electrons. The van der Waals surface area contributed by atoms with Gasteiger partial charge in [-0.25, -0.2) is 0 Å². The second-order valence-electron chi connectivity index (χ2n) is 16.8. The van der Waals surface area contributed by atoms with Crippen LogP contribution < -0.4 is 9.80 Å². The third kappa shape index (κ3) is 5.83. The summed E-state index contributed by atoms with van der Waals surface area (Å²) in [6.45, 7) is 0. The second kappa shape index (κ2) is 15.0. The van der Waals surface area contributed by atoms with E-state index in [9.17, 15) is 0 Å². The Labute approximate surface area is 376 Å². The van der Waals surface area contributed by atoms with Gasteiger partial charge in [0.25, 0.3) is 0 Å². The van der Waals surface area contributed by atoms with Crippen molar-refractivity contribution in [2.45, 2.75) is 0 Å². The maximum absolute atomic E-state index is 7.14. The highest BCUT2D eigenvalue weighted by molar-refractivity contribution is 6.31. The van der Waals surface area contributed by atoms with Crippen LogP contribution in [0.25, 0.3) is 86.9 Å². The van der Waals surface area contributed by atoms with E-state index in [4.69, 9.17) is 4.42 Å². The molecule has 0 amide bonds. The summed E-state index contributed by atoms with van der Waals surface area (Å²) < 4.78 is 7.14. The minimum Gasteiger partial charge on any atom is -0.454 e. The van der Waals surface area contributed by atoms with Crippen LogP contribution in [-0.2, 0) is 0 Å². The van der Waals surface area contributed by atoms with Gasteiger partial charge in [-0.3, -0.25) is 0 Å². The maximum Gasteiger partial charge on any atom is 0.160 e. The third-order valence-electron chi connectivity index (χ3n) is 13.2. The van der Waals surface area contributed by atoms with Gasteiger partial charge in [0.05, 0.1) is 17.1 Å². The van der Waals surface area contributed by atoms with Gasteiger partial charge in [-0.05, 0) is 103 Å². The van der Waals surface area contributed by atoms with Crippen LogP contribution in [-0.4, -0.2) is 0 Å². The minimum absolute atomic E-state index is 0.860.